The Morgan fingerprint density at radius 2 is 0.493 bits per heavy atom. The van der Waals surface area contributed by atoms with E-state index in [1.807, 2.05) is 207 Å². The lowest BCUT2D eigenvalue weighted by molar-refractivity contribution is -0.167. The molecule has 394 valence electrons. The Morgan fingerprint density at radius 1 is 0.274 bits per heavy atom. The van der Waals surface area contributed by atoms with Gasteiger partial charge in [-0.15, -0.1) is 0 Å². The number of carbonyl (C=O) groups is 3. The number of allylic oxidation sites excluding steroid dienone is 40. The van der Waals surface area contributed by atoms with Crippen LogP contribution in [0.2, 0.25) is 0 Å². The van der Waals surface area contributed by atoms with Gasteiger partial charge >= 0.3 is 17.9 Å². The maximum absolute atomic E-state index is 12.8. The van der Waals surface area contributed by atoms with Crippen molar-refractivity contribution in [2.75, 3.05) is 13.2 Å². The SMILES string of the molecule is CC\C=C/C=C\C=C/C=C\C=C\C=C/C=C\CCCCCC(=O)OCC(COC(=O)CCCCC\C=C/C=C/C=C\C=C/C=C\C=C/CC)OC(=O)CCCCC\C=C/C=C\C=C\C=C/C=C\C=C/C=C\CC. The van der Waals surface area contributed by atoms with E-state index < -0.39 is 12.1 Å². The number of hydrogen-bond donors (Lipinski definition) is 0. The topological polar surface area (TPSA) is 78.9 Å². The summed E-state index contributed by atoms with van der Waals surface area (Å²) in [5, 5.41) is 0. The van der Waals surface area contributed by atoms with E-state index in [1.165, 1.54) is 0 Å². The highest BCUT2D eigenvalue weighted by atomic mass is 16.6. The quantitative estimate of drug-likeness (QED) is 0.0262. The predicted octanol–water partition coefficient (Wildman–Crippen LogP) is 18.2. The van der Waals surface area contributed by atoms with Crippen molar-refractivity contribution in [2.45, 2.75) is 142 Å². The molecule has 0 heterocycles. The Kier molecular flexibility index (Phi) is 52.4. The molecule has 6 heteroatoms. The van der Waals surface area contributed by atoms with Gasteiger partial charge in [0.05, 0.1) is 0 Å². The second-order valence-electron chi connectivity index (χ2n) is 16.5. The van der Waals surface area contributed by atoms with Crippen LogP contribution >= 0.6 is 0 Å². The molecule has 73 heavy (non-hydrogen) atoms. The van der Waals surface area contributed by atoms with E-state index in [9.17, 15) is 14.4 Å². The number of hydrogen-bond acceptors (Lipinski definition) is 6. The number of unbranched alkanes of at least 4 members (excludes halogenated alkanes) is 9. The van der Waals surface area contributed by atoms with E-state index in [0.29, 0.717) is 19.3 Å². The van der Waals surface area contributed by atoms with Crippen LogP contribution in [0.5, 0.6) is 0 Å². The molecule has 0 aliphatic carbocycles. The number of carbonyl (C=O) groups excluding carboxylic acids is 3. The lowest BCUT2D eigenvalue weighted by Crippen LogP contribution is -2.30. The van der Waals surface area contributed by atoms with Gasteiger partial charge in [0.2, 0.25) is 0 Å². The zero-order valence-electron chi connectivity index (χ0n) is 44.8. The second-order valence-corrected chi connectivity index (χ2v) is 16.5. The molecule has 0 rings (SSSR count). The van der Waals surface area contributed by atoms with Crippen LogP contribution in [0.4, 0.5) is 0 Å². The van der Waals surface area contributed by atoms with Gasteiger partial charge in [0.1, 0.15) is 13.2 Å². The summed E-state index contributed by atoms with van der Waals surface area (Å²) in [4.78, 5) is 38.1. The molecule has 0 amide bonds. The average Bonchev–Trinajstić information content (AvgIpc) is 3.39. The molecule has 1 unspecified atom stereocenters. The van der Waals surface area contributed by atoms with Crippen molar-refractivity contribution in [1.29, 1.82) is 0 Å². The van der Waals surface area contributed by atoms with E-state index in [4.69, 9.17) is 14.2 Å². The molecule has 0 aromatic carbocycles. The van der Waals surface area contributed by atoms with Crippen LogP contribution in [-0.2, 0) is 28.6 Å². The highest BCUT2D eigenvalue weighted by Crippen LogP contribution is 2.11. The molecular formula is C67H90O6. The van der Waals surface area contributed by atoms with Crippen LogP contribution < -0.4 is 0 Å². The van der Waals surface area contributed by atoms with Crippen LogP contribution in [0.15, 0.2) is 243 Å². The van der Waals surface area contributed by atoms with Crippen molar-refractivity contribution < 1.29 is 28.6 Å². The Hall–Kier alpha value is -6.79. The van der Waals surface area contributed by atoms with Gasteiger partial charge in [-0.3, -0.25) is 14.4 Å². The van der Waals surface area contributed by atoms with Crippen molar-refractivity contribution >= 4 is 17.9 Å². The molecule has 0 saturated heterocycles. The molecule has 1 atom stereocenters. The van der Waals surface area contributed by atoms with E-state index >= 15 is 0 Å². The molecule has 0 saturated carbocycles. The Morgan fingerprint density at radius 3 is 0.740 bits per heavy atom. The molecule has 0 fully saturated rings. The third kappa shape index (κ3) is 56.0. The van der Waals surface area contributed by atoms with Gasteiger partial charge in [-0.2, -0.15) is 0 Å². The molecule has 0 aliphatic rings. The Bertz CT molecular complexity index is 2000. The molecular weight excluding hydrogens is 901 g/mol. The standard InChI is InChI=1S/C67H90O6/c1-4-7-10-13-16-19-22-25-28-31-33-36-39-42-45-48-51-54-57-60-66(69)72-63-64(62-71-65(68)59-56-53-50-47-44-41-38-35-30-27-24-21-18-15-12-9-6-3)73-67(70)61-58-55-52-49-46-43-40-37-34-32-29-26-23-20-17-14-11-8-5-2/h7-46,64H,4-6,47-63H2,1-3H3/b10-7-,11-8-,12-9-,16-13-,17-14-,18-15-,22-19-,23-20-,24-21-,28-25-,29-26-,30-27-,33-31+,34-32+,38-35+,39-36-,40-37-,44-41-,45-42-,46-43-. The molecule has 0 aromatic heterocycles. The van der Waals surface area contributed by atoms with Crippen LogP contribution in [0.1, 0.15) is 136 Å². The first-order valence-corrected chi connectivity index (χ1v) is 26.8. The van der Waals surface area contributed by atoms with Crippen molar-refractivity contribution in [2.24, 2.45) is 0 Å². The average molecular weight is 991 g/mol. The van der Waals surface area contributed by atoms with Gasteiger partial charge < -0.3 is 14.2 Å². The summed E-state index contributed by atoms with van der Waals surface area (Å²) in [7, 11) is 0. The smallest absolute Gasteiger partial charge is 0.306 e. The molecule has 0 bridgehead atoms. The minimum absolute atomic E-state index is 0.153. The highest BCUT2D eigenvalue weighted by molar-refractivity contribution is 5.71. The fourth-order valence-electron chi connectivity index (χ4n) is 5.97. The number of ether oxygens (including phenoxy) is 3. The second kappa shape index (κ2) is 57.8. The maximum Gasteiger partial charge on any atom is 0.306 e. The summed E-state index contributed by atoms with van der Waals surface area (Å²) < 4.78 is 16.7. The van der Waals surface area contributed by atoms with Gasteiger partial charge in [-0.1, -0.05) is 283 Å². The van der Waals surface area contributed by atoms with E-state index in [2.05, 4.69) is 57.2 Å². The molecule has 0 spiro atoms. The minimum Gasteiger partial charge on any atom is -0.462 e. The van der Waals surface area contributed by atoms with E-state index in [-0.39, 0.29) is 44.4 Å². The van der Waals surface area contributed by atoms with Crippen LogP contribution in [0, 0.1) is 0 Å². The fourth-order valence-corrected chi connectivity index (χ4v) is 5.97. The number of esters is 3. The third-order valence-corrected chi connectivity index (χ3v) is 9.88. The van der Waals surface area contributed by atoms with Crippen LogP contribution in [0.3, 0.4) is 0 Å². The van der Waals surface area contributed by atoms with E-state index in [1.54, 1.807) is 0 Å². The first kappa shape index (κ1) is 66.2. The third-order valence-electron chi connectivity index (χ3n) is 9.88. The van der Waals surface area contributed by atoms with Gasteiger partial charge in [0.25, 0.3) is 0 Å². The van der Waals surface area contributed by atoms with Crippen molar-refractivity contribution in [1.82, 2.24) is 0 Å². The summed E-state index contributed by atoms with van der Waals surface area (Å²) in [5.41, 5.74) is 0. The maximum atomic E-state index is 12.8. The summed E-state index contributed by atoms with van der Waals surface area (Å²) in [5.74, 6) is -1.11. The van der Waals surface area contributed by atoms with Gasteiger partial charge in [-0.05, 0) is 77.0 Å². The first-order valence-electron chi connectivity index (χ1n) is 26.8. The zero-order valence-corrected chi connectivity index (χ0v) is 44.8. The van der Waals surface area contributed by atoms with Crippen molar-refractivity contribution in [3.05, 3.63) is 243 Å². The summed E-state index contributed by atoms with van der Waals surface area (Å²) in [6.07, 6.45) is 94.1. The summed E-state index contributed by atoms with van der Waals surface area (Å²) in [6.45, 7) is 6.03. The minimum atomic E-state index is -0.860. The normalized spacial score (nSPS) is 14.1. The highest BCUT2D eigenvalue weighted by Gasteiger charge is 2.19. The predicted molar refractivity (Wildman–Crippen MR) is 315 cm³/mol. The molecule has 0 aliphatic heterocycles. The molecule has 0 aromatic rings. The fraction of sp³-hybridized carbons (Fsp3) is 0.358. The van der Waals surface area contributed by atoms with E-state index in [0.717, 1.165) is 77.0 Å². The molecule has 6 nitrogen and oxygen atoms in total. The Labute approximate surface area is 443 Å². The van der Waals surface area contributed by atoms with Crippen molar-refractivity contribution in [3.8, 4) is 0 Å². The zero-order chi connectivity index (χ0) is 52.9. The molecule has 0 N–H and O–H groups in total. The summed E-state index contributed by atoms with van der Waals surface area (Å²) in [6, 6.07) is 0. The first-order chi connectivity index (χ1) is 36.0. The van der Waals surface area contributed by atoms with Gasteiger partial charge in [0.15, 0.2) is 6.10 Å². The van der Waals surface area contributed by atoms with Gasteiger partial charge in [-0.25, -0.2) is 0 Å². The lowest BCUT2D eigenvalue weighted by atomic mass is 10.1. The monoisotopic (exact) mass is 991 g/mol. The lowest BCUT2D eigenvalue weighted by Gasteiger charge is -2.18. The summed E-state index contributed by atoms with van der Waals surface area (Å²) >= 11 is 0. The number of rotatable bonds is 43. The van der Waals surface area contributed by atoms with Crippen LogP contribution in [-0.4, -0.2) is 37.2 Å². The largest absolute Gasteiger partial charge is 0.462 e. The van der Waals surface area contributed by atoms with Crippen LogP contribution in [0.25, 0.3) is 0 Å². The Balaban J connectivity index is 4.77. The molecule has 0 radical (unpaired) electrons. The van der Waals surface area contributed by atoms with Crippen molar-refractivity contribution in [3.63, 3.8) is 0 Å². The van der Waals surface area contributed by atoms with Gasteiger partial charge in [0, 0.05) is 19.3 Å².